The summed E-state index contributed by atoms with van der Waals surface area (Å²) in [5, 5.41) is 21.4. The molecule has 0 spiro atoms. The summed E-state index contributed by atoms with van der Waals surface area (Å²) in [7, 11) is -16.7. The maximum absolute atomic E-state index is 12.7. The Morgan fingerprint density at radius 3 is 2.09 bits per heavy atom. The van der Waals surface area contributed by atoms with Crippen molar-refractivity contribution in [1.82, 2.24) is 23.0 Å². The van der Waals surface area contributed by atoms with E-state index in [2.05, 4.69) is 13.1 Å². The lowest BCUT2D eigenvalue weighted by atomic mass is 10.1. The second-order valence-corrected chi connectivity index (χ2v) is 11.0. The van der Waals surface area contributed by atoms with Crippen molar-refractivity contribution in [3.63, 3.8) is 0 Å². The summed E-state index contributed by atoms with van der Waals surface area (Å²) in [6.07, 6.45) is -4.97. The molecule has 15 N–H and O–H groups in total. The van der Waals surface area contributed by atoms with E-state index in [1.54, 1.807) is 30.3 Å². The standard InChI is InChI=1S/C14H18NO14P3.3H3N/c16-11-10(7-26-31(22,23)29-32(24,25)28-30(19,20)21)27-14(12(11)17)15-6-5-8-3-1-2-4-9(8)13(15)18;;;/h1-6,10-12,14,16-17H,7H2,(H,22,23)(H,24,25)(H2,19,20,21);3*1H3/t10-,11+,12+,14-;;;/m0.../s1. The monoisotopic (exact) mass is 568 g/mol. The van der Waals surface area contributed by atoms with Crippen LogP contribution in [-0.4, -0.2) is 59.3 Å². The minimum atomic E-state index is -5.71. The van der Waals surface area contributed by atoms with Gasteiger partial charge in [0.15, 0.2) is 6.23 Å². The van der Waals surface area contributed by atoms with Gasteiger partial charge in [-0.2, -0.15) is 8.62 Å². The number of pyridine rings is 1. The van der Waals surface area contributed by atoms with Crippen LogP contribution in [-0.2, 0) is 31.6 Å². The molecule has 21 heteroatoms. The van der Waals surface area contributed by atoms with Crippen molar-refractivity contribution in [3.05, 3.63) is 46.9 Å². The van der Waals surface area contributed by atoms with Crippen molar-refractivity contribution in [2.24, 2.45) is 0 Å². The van der Waals surface area contributed by atoms with E-state index in [1.807, 2.05) is 0 Å². The molecular weight excluding hydrogens is 541 g/mol. The quantitative estimate of drug-likeness (QED) is 0.195. The molecule has 1 aliphatic heterocycles. The molecule has 6 atom stereocenters. The van der Waals surface area contributed by atoms with Gasteiger partial charge < -0.3 is 53.0 Å². The van der Waals surface area contributed by atoms with E-state index in [0.29, 0.717) is 10.8 Å². The first-order valence-corrected chi connectivity index (χ1v) is 13.1. The van der Waals surface area contributed by atoms with Crippen LogP contribution in [0.4, 0.5) is 0 Å². The van der Waals surface area contributed by atoms with Gasteiger partial charge in [-0.25, -0.2) is 13.7 Å². The minimum absolute atomic E-state index is 0. The second kappa shape index (κ2) is 12.2. The van der Waals surface area contributed by atoms with Crippen LogP contribution < -0.4 is 24.0 Å². The molecule has 1 saturated heterocycles. The number of phosphoric ester groups is 1. The van der Waals surface area contributed by atoms with Gasteiger partial charge in [0.05, 0.1) is 6.61 Å². The molecule has 0 amide bonds. The van der Waals surface area contributed by atoms with Gasteiger partial charge in [-0.15, -0.1) is 0 Å². The third kappa shape index (κ3) is 8.31. The normalized spacial score (nSPS) is 25.4. The molecule has 2 unspecified atom stereocenters. The number of nitrogens with zero attached hydrogens (tertiary/aromatic N) is 1. The lowest BCUT2D eigenvalue weighted by Crippen LogP contribution is -2.35. The van der Waals surface area contributed by atoms with Gasteiger partial charge in [-0.1, -0.05) is 18.2 Å². The molecule has 1 aliphatic rings. The van der Waals surface area contributed by atoms with Gasteiger partial charge in [0.2, 0.25) is 0 Å². The Morgan fingerprint density at radius 1 is 0.886 bits per heavy atom. The third-order valence-corrected chi connectivity index (χ3v) is 8.07. The zero-order chi connectivity index (χ0) is 23.9. The lowest BCUT2D eigenvalue weighted by molar-refractivity contribution is -0.0533. The highest BCUT2D eigenvalue weighted by molar-refractivity contribution is 7.66. The van der Waals surface area contributed by atoms with Gasteiger partial charge in [-0.3, -0.25) is 13.9 Å². The average molecular weight is 568 g/mol. The van der Waals surface area contributed by atoms with Gasteiger partial charge in [0, 0.05) is 11.6 Å². The van der Waals surface area contributed by atoms with E-state index in [1.165, 1.54) is 6.20 Å². The van der Waals surface area contributed by atoms with Crippen LogP contribution in [0.1, 0.15) is 6.23 Å². The number of hydrogen-bond donors (Lipinski definition) is 9. The van der Waals surface area contributed by atoms with Crippen molar-refractivity contribution < 1.29 is 61.4 Å². The van der Waals surface area contributed by atoms with Crippen LogP contribution in [0.5, 0.6) is 0 Å². The summed E-state index contributed by atoms with van der Waals surface area (Å²) in [6.45, 7) is -0.985. The first-order chi connectivity index (χ1) is 14.7. The van der Waals surface area contributed by atoms with Crippen LogP contribution in [0, 0.1) is 0 Å². The molecule has 0 saturated carbocycles. The maximum atomic E-state index is 12.7. The van der Waals surface area contributed by atoms with Gasteiger partial charge in [-0.05, 0) is 17.5 Å². The predicted molar refractivity (Wildman–Crippen MR) is 119 cm³/mol. The van der Waals surface area contributed by atoms with Gasteiger partial charge >= 0.3 is 23.5 Å². The number of ether oxygens (including phenoxy) is 1. The Balaban J connectivity index is 0.00000385. The van der Waals surface area contributed by atoms with Crippen LogP contribution in [0.25, 0.3) is 10.8 Å². The molecule has 0 radical (unpaired) electrons. The Kier molecular flexibility index (Phi) is 11.7. The highest BCUT2D eigenvalue weighted by Crippen LogP contribution is 2.66. The number of hydrogen-bond acceptors (Lipinski definition) is 13. The topological polar surface area (TPSA) is 337 Å². The first-order valence-electron chi connectivity index (χ1n) is 8.59. The Bertz CT molecular complexity index is 1200. The molecule has 0 bridgehead atoms. The van der Waals surface area contributed by atoms with E-state index >= 15 is 0 Å². The fourth-order valence-electron chi connectivity index (χ4n) is 2.97. The van der Waals surface area contributed by atoms with Crippen molar-refractivity contribution in [2.45, 2.75) is 24.5 Å². The van der Waals surface area contributed by atoms with Gasteiger partial charge in [0.1, 0.15) is 18.3 Å². The molecule has 3 rings (SSSR count). The van der Waals surface area contributed by atoms with E-state index < -0.39 is 60.2 Å². The average Bonchev–Trinajstić information content (AvgIpc) is 2.92. The highest BCUT2D eigenvalue weighted by Gasteiger charge is 2.46. The molecule has 202 valence electrons. The summed E-state index contributed by atoms with van der Waals surface area (Å²) >= 11 is 0. The number of aromatic nitrogens is 1. The van der Waals surface area contributed by atoms with E-state index in [0.717, 1.165) is 4.57 Å². The zero-order valence-electron chi connectivity index (χ0n) is 17.8. The van der Waals surface area contributed by atoms with E-state index in [-0.39, 0.29) is 18.5 Å². The molecule has 1 aromatic heterocycles. The summed E-state index contributed by atoms with van der Waals surface area (Å²) in [4.78, 5) is 48.3. The number of aliphatic hydroxyl groups excluding tert-OH is 2. The number of phosphoric acid groups is 3. The minimum Gasteiger partial charge on any atom is -0.387 e. The molecule has 2 heterocycles. The Morgan fingerprint density at radius 2 is 1.49 bits per heavy atom. The molecule has 35 heavy (non-hydrogen) atoms. The largest absolute Gasteiger partial charge is 0.490 e. The zero-order valence-corrected chi connectivity index (χ0v) is 20.5. The summed E-state index contributed by atoms with van der Waals surface area (Å²) in [5.41, 5.74) is -0.548. The molecule has 1 aromatic carbocycles. The van der Waals surface area contributed by atoms with Crippen LogP contribution in [0.3, 0.4) is 0 Å². The van der Waals surface area contributed by atoms with Crippen molar-refractivity contribution >= 4 is 34.2 Å². The van der Waals surface area contributed by atoms with Gasteiger partial charge in [0.25, 0.3) is 5.56 Å². The SMILES string of the molecule is N.N.N.O=c1c2ccccc2ccn1[C@H]1O[C@@H](COP(=O)(O)OP(=O)(O)OP(=O)(O)O)[C@@H](O)[C@H]1O. The molecule has 18 nitrogen and oxygen atoms in total. The lowest BCUT2D eigenvalue weighted by Gasteiger charge is -2.19. The fraction of sp³-hybridized carbons (Fsp3) is 0.357. The smallest absolute Gasteiger partial charge is 0.387 e. The van der Waals surface area contributed by atoms with Crippen LogP contribution in [0.2, 0.25) is 0 Å². The van der Waals surface area contributed by atoms with Crippen LogP contribution >= 0.6 is 23.5 Å². The van der Waals surface area contributed by atoms with E-state index in [4.69, 9.17) is 19.4 Å². The number of fused-ring (bicyclic) bond motifs is 1. The number of rotatable bonds is 8. The predicted octanol–water partition coefficient (Wildman–Crippen LogP) is 0.450. The second-order valence-electron chi connectivity index (χ2n) is 6.55. The molecular formula is C14H27N4O14P3. The van der Waals surface area contributed by atoms with Crippen molar-refractivity contribution in [2.75, 3.05) is 6.61 Å². The summed E-state index contributed by atoms with van der Waals surface area (Å²) in [5.74, 6) is 0. The summed E-state index contributed by atoms with van der Waals surface area (Å²) < 4.78 is 51.7. The molecule has 0 aliphatic carbocycles. The first kappa shape index (κ1) is 33.6. The fourth-order valence-corrected chi connectivity index (χ4v) is 6.00. The van der Waals surface area contributed by atoms with Crippen molar-refractivity contribution in [1.29, 1.82) is 0 Å². The molecule has 1 fully saturated rings. The Labute approximate surface area is 197 Å². The number of aliphatic hydroxyl groups is 2. The number of benzene rings is 1. The Hall–Kier alpha value is -1.40. The van der Waals surface area contributed by atoms with E-state index in [9.17, 15) is 33.6 Å². The van der Waals surface area contributed by atoms with Crippen LogP contribution in [0.15, 0.2) is 41.3 Å². The molecule has 2 aromatic rings. The summed E-state index contributed by atoms with van der Waals surface area (Å²) in [6, 6.07) is 8.14. The van der Waals surface area contributed by atoms with Crippen molar-refractivity contribution in [3.8, 4) is 0 Å². The third-order valence-electron chi connectivity index (χ3n) is 4.27. The highest BCUT2D eigenvalue weighted by atomic mass is 31.3. The maximum Gasteiger partial charge on any atom is 0.490 e.